The van der Waals surface area contributed by atoms with E-state index < -0.39 is 41.5 Å². The van der Waals surface area contributed by atoms with Gasteiger partial charge in [-0.1, -0.05) is 56.3 Å². The maximum absolute atomic E-state index is 14.7. The summed E-state index contributed by atoms with van der Waals surface area (Å²) in [7, 11) is 2.08. The van der Waals surface area contributed by atoms with E-state index >= 15 is 0 Å². The molecule has 2 aromatic carbocycles. The minimum atomic E-state index is -2.05. The van der Waals surface area contributed by atoms with Crippen LogP contribution in [0.3, 0.4) is 0 Å². The highest BCUT2D eigenvalue weighted by molar-refractivity contribution is 7.98. The van der Waals surface area contributed by atoms with E-state index in [-0.39, 0.29) is 30.2 Å². The number of nitrogens with zero attached hydrogens (tertiary/aromatic N) is 3. The zero-order chi connectivity index (χ0) is 32.8. The summed E-state index contributed by atoms with van der Waals surface area (Å²) in [6.07, 6.45) is 5.10. The number of hydrogen-bond acceptors (Lipinski definition) is 7. The number of amides is 3. The van der Waals surface area contributed by atoms with Crippen molar-refractivity contribution in [3.63, 3.8) is 0 Å². The Bertz CT molecular complexity index is 1760. The molecular formula is C36H43N5O5S. The largest absolute Gasteiger partial charge is 0.349 e. The van der Waals surface area contributed by atoms with Crippen LogP contribution in [0.15, 0.2) is 53.6 Å². The Balaban J connectivity index is 1.11. The number of piperazine rings is 1. The second kappa shape index (κ2) is 11.1. The lowest BCUT2D eigenvalue weighted by Gasteiger charge is -2.48. The van der Waals surface area contributed by atoms with Gasteiger partial charge < -0.3 is 25.2 Å². The van der Waals surface area contributed by atoms with Gasteiger partial charge in [0.25, 0.3) is 11.8 Å². The van der Waals surface area contributed by atoms with Gasteiger partial charge in [0.05, 0.1) is 10.9 Å². The Hall–Kier alpha value is -3.38. The molecule has 10 nitrogen and oxygen atoms in total. The van der Waals surface area contributed by atoms with Crippen molar-refractivity contribution < 1.29 is 24.2 Å². The topological polar surface area (TPSA) is 118 Å². The number of fused-ring (bicyclic) bond motifs is 5. The number of hydrogen-bond donors (Lipinski definition) is 3. The van der Waals surface area contributed by atoms with Crippen molar-refractivity contribution >= 4 is 40.4 Å². The lowest BCUT2D eigenvalue weighted by molar-refractivity contribution is -0.321. The number of piperidine rings is 1. The second-order valence-corrected chi connectivity index (χ2v) is 15.2. The van der Waals surface area contributed by atoms with Crippen molar-refractivity contribution in [2.75, 3.05) is 26.4 Å². The van der Waals surface area contributed by atoms with Crippen LogP contribution in [-0.2, 0) is 32.0 Å². The van der Waals surface area contributed by atoms with Gasteiger partial charge in [0.2, 0.25) is 17.5 Å². The van der Waals surface area contributed by atoms with Crippen molar-refractivity contribution in [1.29, 1.82) is 0 Å². The van der Waals surface area contributed by atoms with Crippen LogP contribution in [0.25, 0.3) is 10.9 Å². The molecule has 0 radical (unpaired) electrons. The first-order chi connectivity index (χ1) is 22.6. The van der Waals surface area contributed by atoms with Crippen molar-refractivity contribution in [1.82, 2.24) is 25.0 Å². The number of carbonyl (C=O) groups excluding carboxylic acids is 3. The fourth-order valence-electron chi connectivity index (χ4n) is 9.22. The molecule has 1 aliphatic carbocycles. The molecule has 4 fully saturated rings. The highest BCUT2D eigenvalue weighted by atomic mass is 32.2. The molecule has 5 heterocycles. The molecule has 3 N–H and O–H groups in total. The average molecular weight is 658 g/mol. The van der Waals surface area contributed by atoms with Gasteiger partial charge in [0.1, 0.15) is 12.1 Å². The van der Waals surface area contributed by atoms with E-state index in [0.717, 1.165) is 17.5 Å². The number of benzene rings is 2. The third-order valence-electron chi connectivity index (χ3n) is 11.5. The molecule has 1 aromatic heterocycles. The van der Waals surface area contributed by atoms with Gasteiger partial charge in [-0.15, -0.1) is 11.8 Å². The van der Waals surface area contributed by atoms with Gasteiger partial charge in [-0.3, -0.25) is 24.0 Å². The van der Waals surface area contributed by atoms with Crippen LogP contribution in [0.1, 0.15) is 55.7 Å². The Morgan fingerprint density at radius 3 is 2.70 bits per heavy atom. The molecule has 3 aromatic rings. The first-order valence-electron chi connectivity index (χ1n) is 16.9. The zero-order valence-corrected chi connectivity index (χ0v) is 28.2. The minimum Gasteiger partial charge on any atom is -0.349 e. The molecule has 0 saturated carbocycles. The molecule has 1 unspecified atom stereocenters. The number of nitrogens with one attached hydrogen (secondary N) is 2. The maximum atomic E-state index is 14.7. The normalized spacial score (nSPS) is 33.4. The summed E-state index contributed by atoms with van der Waals surface area (Å²) in [5, 5.41) is 17.9. The number of rotatable bonds is 6. The number of likely N-dealkylation sites (N-methyl/N-ethyl adjacent to an activating group) is 1. The fourth-order valence-corrected chi connectivity index (χ4v) is 9.86. The van der Waals surface area contributed by atoms with Crippen LogP contribution in [0.5, 0.6) is 0 Å². The Morgan fingerprint density at radius 2 is 1.96 bits per heavy atom. The number of carbonyl (C=O) groups is 3. The number of thioether (sulfide) groups is 1. The number of ether oxygens (including phenoxy) is 1. The number of aromatic nitrogens is 1. The first kappa shape index (κ1) is 30.9. The summed E-state index contributed by atoms with van der Waals surface area (Å²) in [6, 6.07) is 14.5. The van der Waals surface area contributed by atoms with E-state index in [0.29, 0.717) is 32.4 Å². The van der Waals surface area contributed by atoms with Crippen molar-refractivity contribution in [3.05, 3.63) is 65.2 Å². The summed E-state index contributed by atoms with van der Waals surface area (Å²) in [5.41, 5.74) is 2.80. The third-order valence-corrected chi connectivity index (χ3v) is 12.3. The first-order valence-corrected chi connectivity index (χ1v) is 18.1. The zero-order valence-electron chi connectivity index (χ0n) is 27.4. The Morgan fingerprint density at radius 1 is 1.17 bits per heavy atom. The predicted octanol–water partition coefficient (Wildman–Crippen LogP) is 3.44. The summed E-state index contributed by atoms with van der Waals surface area (Å²) >= 11 is 1.74. The molecule has 8 rings (SSSR count). The second-order valence-electron chi connectivity index (χ2n) is 14.4. The lowest BCUT2D eigenvalue weighted by atomic mass is 9.72. The van der Waals surface area contributed by atoms with E-state index in [1.807, 2.05) is 44.2 Å². The molecular weight excluding hydrogens is 614 g/mol. The molecule has 47 heavy (non-hydrogen) atoms. The van der Waals surface area contributed by atoms with Gasteiger partial charge in [-0.25, -0.2) is 0 Å². The minimum absolute atomic E-state index is 0.150. The predicted molar refractivity (Wildman–Crippen MR) is 178 cm³/mol. The Kier molecular flexibility index (Phi) is 7.29. The number of aromatic amines is 1. The maximum Gasteiger partial charge on any atom is 0.281 e. The number of H-pyrrole nitrogens is 1. The van der Waals surface area contributed by atoms with E-state index in [4.69, 9.17) is 4.74 Å². The number of aliphatic hydroxyl groups is 1. The van der Waals surface area contributed by atoms with Crippen molar-refractivity contribution in [2.24, 2.45) is 11.8 Å². The monoisotopic (exact) mass is 657 g/mol. The lowest BCUT2D eigenvalue weighted by Crippen LogP contribution is -2.71. The van der Waals surface area contributed by atoms with E-state index in [9.17, 15) is 19.5 Å². The van der Waals surface area contributed by atoms with Gasteiger partial charge in [-0.05, 0) is 61.7 Å². The quantitative estimate of drug-likeness (QED) is 0.348. The standard InChI is InChI=1S/C36H43N5O5S/c1-20(2)35(34(44)41-28(16-21-10-6-5-7-11-21)33(43)40-15-9-14-29(40)36(41,45)46-35)38-31(42)22-17-24-23-12-8-13-26-30(23)25(32(37-26)47-4)18-27(24)39(3)19-22/h5-8,10-13,20,22,24,27-29,37,45H,9,14-19H2,1-4H3,(H,38,42)/t22-,24?,27-,28+,29+,35-,36+/m1/s1. The van der Waals surface area contributed by atoms with E-state index in [1.165, 1.54) is 26.4 Å². The molecule has 248 valence electrons. The average Bonchev–Trinajstić information content (AvgIpc) is 3.76. The van der Waals surface area contributed by atoms with Gasteiger partial charge in [0.15, 0.2) is 0 Å². The molecule has 0 spiro atoms. The summed E-state index contributed by atoms with van der Waals surface area (Å²) in [5.74, 6) is -3.84. The SMILES string of the molecule is CSc1[nH]c2cccc3c2c1C[C@@H]1C3C[C@@H](C(=O)N[C@]2(C(C)C)O[C@@]3(O)[C@@H]4CCCN4C(=O)[C@H](Cc4ccccc4)N3C2=O)CN1C. The van der Waals surface area contributed by atoms with Crippen LogP contribution >= 0.6 is 11.8 Å². The van der Waals surface area contributed by atoms with Crippen LogP contribution in [-0.4, -0.2) is 98.7 Å². The van der Waals surface area contributed by atoms with Crippen LogP contribution in [0.4, 0.5) is 0 Å². The smallest absolute Gasteiger partial charge is 0.281 e. The van der Waals surface area contributed by atoms with Crippen molar-refractivity contribution in [3.8, 4) is 0 Å². The molecule has 3 amide bonds. The fraction of sp³-hybridized carbons (Fsp3) is 0.528. The van der Waals surface area contributed by atoms with Gasteiger partial charge >= 0.3 is 0 Å². The van der Waals surface area contributed by atoms with Crippen LogP contribution in [0, 0.1) is 11.8 Å². The number of likely N-dealkylation sites (tertiary alicyclic amines) is 1. The van der Waals surface area contributed by atoms with Crippen LogP contribution in [0.2, 0.25) is 0 Å². The van der Waals surface area contributed by atoms with Crippen molar-refractivity contribution in [2.45, 2.75) is 86.7 Å². The molecule has 11 heteroatoms. The Labute approximate surface area is 279 Å². The molecule has 4 aliphatic heterocycles. The highest BCUT2D eigenvalue weighted by Crippen LogP contribution is 2.49. The molecule has 7 atom stereocenters. The van der Waals surface area contributed by atoms with E-state index in [2.05, 4.69) is 46.7 Å². The van der Waals surface area contributed by atoms with Gasteiger partial charge in [0, 0.05) is 48.3 Å². The third kappa shape index (κ3) is 4.46. The summed E-state index contributed by atoms with van der Waals surface area (Å²) in [6.45, 7) is 4.68. The highest BCUT2D eigenvalue weighted by Gasteiger charge is 2.72. The molecule has 4 saturated heterocycles. The molecule has 5 aliphatic rings. The van der Waals surface area contributed by atoms with Crippen LogP contribution < -0.4 is 5.32 Å². The molecule has 0 bridgehead atoms. The summed E-state index contributed by atoms with van der Waals surface area (Å²) < 4.78 is 6.53. The summed E-state index contributed by atoms with van der Waals surface area (Å²) in [4.78, 5) is 51.8. The van der Waals surface area contributed by atoms with E-state index in [1.54, 1.807) is 16.7 Å². The van der Waals surface area contributed by atoms with Gasteiger partial charge in [-0.2, -0.15) is 0 Å².